The van der Waals surface area contributed by atoms with Gasteiger partial charge in [0.05, 0.1) is 5.69 Å². The van der Waals surface area contributed by atoms with E-state index < -0.39 is 5.82 Å². The Morgan fingerprint density at radius 1 is 1.18 bits per heavy atom. The van der Waals surface area contributed by atoms with E-state index in [0.29, 0.717) is 6.54 Å². The summed E-state index contributed by atoms with van der Waals surface area (Å²) in [6, 6.07) is 6.37. The van der Waals surface area contributed by atoms with Crippen molar-refractivity contribution in [1.82, 2.24) is 9.80 Å². The van der Waals surface area contributed by atoms with E-state index in [1.165, 1.54) is 12.5 Å². The van der Waals surface area contributed by atoms with Crippen molar-refractivity contribution in [1.29, 1.82) is 0 Å². The Kier molecular flexibility index (Phi) is 6.19. The summed E-state index contributed by atoms with van der Waals surface area (Å²) in [7, 11) is 3.99. The summed E-state index contributed by atoms with van der Waals surface area (Å²) >= 11 is 0. The van der Waals surface area contributed by atoms with Crippen LogP contribution in [0.5, 0.6) is 0 Å². The standard InChI is InChI=1S/C17H26FN3O/c1-20(2)12-13-21(14-8-4-3-5-9-14)17(22)19-16-11-7-6-10-15(16)18/h6-7,10-11,14H,3-5,8-9,12-13H2,1-2H3,(H,19,22). The van der Waals surface area contributed by atoms with Crippen molar-refractivity contribution in [3.8, 4) is 0 Å². The number of anilines is 1. The topological polar surface area (TPSA) is 35.6 Å². The molecule has 1 aliphatic carbocycles. The van der Waals surface area contributed by atoms with Crippen molar-refractivity contribution >= 4 is 11.7 Å². The number of nitrogens with one attached hydrogen (secondary N) is 1. The number of halogens is 1. The van der Waals surface area contributed by atoms with Gasteiger partial charge in [-0.2, -0.15) is 0 Å². The molecule has 0 spiro atoms. The van der Waals surface area contributed by atoms with E-state index in [1.807, 2.05) is 19.0 Å². The van der Waals surface area contributed by atoms with Gasteiger partial charge in [0.1, 0.15) is 5.82 Å². The molecule has 0 aromatic heterocycles. The molecule has 1 fully saturated rings. The lowest BCUT2D eigenvalue weighted by molar-refractivity contribution is 0.159. The van der Waals surface area contributed by atoms with Gasteiger partial charge < -0.3 is 15.1 Å². The maximum absolute atomic E-state index is 13.7. The molecular weight excluding hydrogens is 281 g/mol. The number of rotatable bonds is 5. The number of nitrogens with zero attached hydrogens (tertiary/aromatic N) is 2. The van der Waals surface area contributed by atoms with Crippen LogP contribution in [0.1, 0.15) is 32.1 Å². The highest BCUT2D eigenvalue weighted by molar-refractivity contribution is 5.89. The molecule has 0 unspecified atom stereocenters. The zero-order valence-corrected chi connectivity index (χ0v) is 13.5. The van der Waals surface area contributed by atoms with Crippen molar-refractivity contribution in [3.63, 3.8) is 0 Å². The van der Waals surface area contributed by atoms with Gasteiger partial charge in [-0.1, -0.05) is 31.4 Å². The summed E-state index contributed by atoms with van der Waals surface area (Å²) in [4.78, 5) is 16.5. The number of carbonyl (C=O) groups excluding carboxylic acids is 1. The first-order valence-corrected chi connectivity index (χ1v) is 8.05. The molecule has 2 amide bonds. The van der Waals surface area contributed by atoms with Crippen LogP contribution in [0.15, 0.2) is 24.3 Å². The molecule has 1 saturated carbocycles. The van der Waals surface area contributed by atoms with Crippen LogP contribution in [0.4, 0.5) is 14.9 Å². The number of hydrogen-bond acceptors (Lipinski definition) is 2. The van der Waals surface area contributed by atoms with Gasteiger partial charge in [0.2, 0.25) is 0 Å². The Morgan fingerprint density at radius 3 is 2.50 bits per heavy atom. The summed E-state index contributed by atoms with van der Waals surface area (Å²) < 4.78 is 13.7. The molecule has 1 aromatic carbocycles. The highest BCUT2D eigenvalue weighted by atomic mass is 19.1. The second-order valence-corrected chi connectivity index (χ2v) is 6.20. The summed E-state index contributed by atoms with van der Waals surface area (Å²) in [5, 5.41) is 2.72. The van der Waals surface area contributed by atoms with Crippen LogP contribution in [-0.4, -0.2) is 49.1 Å². The molecule has 0 radical (unpaired) electrons. The van der Waals surface area contributed by atoms with Crippen LogP contribution < -0.4 is 5.32 Å². The quantitative estimate of drug-likeness (QED) is 0.903. The molecule has 0 saturated heterocycles. The maximum atomic E-state index is 13.7. The van der Waals surface area contributed by atoms with E-state index in [0.717, 1.165) is 32.2 Å². The first kappa shape index (κ1) is 16.7. The van der Waals surface area contributed by atoms with Crippen molar-refractivity contribution in [3.05, 3.63) is 30.1 Å². The lowest BCUT2D eigenvalue weighted by atomic mass is 9.94. The highest BCUT2D eigenvalue weighted by Gasteiger charge is 2.25. The summed E-state index contributed by atoms with van der Waals surface area (Å²) in [6.07, 6.45) is 5.65. The zero-order valence-electron chi connectivity index (χ0n) is 13.5. The Balaban J connectivity index is 2.05. The van der Waals surface area contributed by atoms with Crippen LogP contribution in [0, 0.1) is 5.82 Å². The highest BCUT2D eigenvalue weighted by Crippen LogP contribution is 2.23. The molecule has 1 aromatic rings. The molecule has 22 heavy (non-hydrogen) atoms. The van der Waals surface area contributed by atoms with Gasteiger partial charge in [0.15, 0.2) is 0 Å². The molecule has 1 aliphatic rings. The fraction of sp³-hybridized carbons (Fsp3) is 0.588. The molecule has 4 nitrogen and oxygen atoms in total. The number of amides is 2. The van der Waals surface area contributed by atoms with Crippen molar-refractivity contribution in [2.75, 3.05) is 32.5 Å². The Bertz CT molecular complexity index is 487. The second-order valence-electron chi connectivity index (χ2n) is 6.20. The smallest absolute Gasteiger partial charge is 0.320 e. The fourth-order valence-electron chi connectivity index (χ4n) is 2.90. The molecule has 5 heteroatoms. The van der Waals surface area contributed by atoms with Crippen LogP contribution in [0.3, 0.4) is 0 Å². The molecule has 122 valence electrons. The normalized spacial score (nSPS) is 15.8. The van der Waals surface area contributed by atoms with Crippen molar-refractivity contribution in [2.45, 2.75) is 38.1 Å². The summed E-state index contributed by atoms with van der Waals surface area (Å²) in [5.74, 6) is -0.396. The molecule has 0 aliphatic heterocycles. The predicted molar refractivity (Wildman–Crippen MR) is 87.6 cm³/mol. The minimum absolute atomic E-state index is 0.196. The predicted octanol–water partition coefficient (Wildman–Crippen LogP) is 3.55. The number of para-hydroxylation sites is 1. The van der Waals surface area contributed by atoms with E-state index >= 15 is 0 Å². The van der Waals surface area contributed by atoms with E-state index in [9.17, 15) is 9.18 Å². The van der Waals surface area contributed by atoms with Crippen LogP contribution in [0.2, 0.25) is 0 Å². The minimum atomic E-state index is -0.396. The lowest BCUT2D eigenvalue weighted by Crippen LogP contribution is -2.46. The van der Waals surface area contributed by atoms with E-state index in [1.54, 1.807) is 18.2 Å². The van der Waals surface area contributed by atoms with Gasteiger partial charge in [-0.15, -0.1) is 0 Å². The van der Waals surface area contributed by atoms with Gasteiger partial charge in [-0.25, -0.2) is 9.18 Å². The van der Waals surface area contributed by atoms with E-state index in [-0.39, 0.29) is 17.8 Å². The maximum Gasteiger partial charge on any atom is 0.322 e. The summed E-state index contributed by atoms with van der Waals surface area (Å²) in [6.45, 7) is 1.47. The number of urea groups is 1. The van der Waals surface area contributed by atoms with Crippen molar-refractivity contribution < 1.29 is 9.18 Å². The zero-order chi connectivity index (χ0) is 15.9. The van der Waals surface area contributed by atoms with E-state index in [4.69, 9.17) is 0 Å². The van der Waals surface area contributed by atoms with Gasteiger partial charge in [0.25, 0.3) is 0 Å². The van der Waals surface area contributed by atoms with Crippen LogP contribution >= 0.6 is 0 Å². The average Bonchev–Trinajstić information content (AvgIpc) is 2.50. The Morgan fingerprint density at radius 2 is 1.86 bits per heavy atom. The second kappa shape index (κ2) is 8.13. The fourth-order valence-corrected chi connectivity index (χ4v) is 2.90. The lowest BCUT2D eigenvalue weighted by Gasteiger charge is -2.35. The van der Waals surface area contributed by atoms with Crippen molar-refractivity contribution in [2.24, 2.45) is 0 Å². The van der Waals surface area contributed by atoms with Gasteiger partial charge in [-0.3, -0.25) is 0 Å². The Hall–Kier alpha value is -1.62. The molecule has 1 N–H and O–H groups in total. The molecule has 2 rings (SSSR count). The molecular formula is C17H26FN3O. The van der Waals surface area contributed by atoms with Crippen LogP contribution in [0.25, 0.3) is 0 Å². The number of carbonyl (C=O) groups is 1. The number of likely N-dealkylation sites (N-methyl/N-ethyl adjacent to an activating group) is 1. The number of benzene rings is 1. The SMILES string of the molecule is CN(C)CCN(C(=O)Nc1ccccc1F)C1CCCCC1. The largest absolute Gasteiger partial charge is 0.322 e. The number of hydrogen-bond donors (Lipinski definition) is 1. The average molecular weight is 307 g/mol. The monoisotopic (exact) mass is 307 g/mol. The molecule has 0 atom stereocenters. The Labute approximate surface area is 132 Å². The van der Waals surface area contributed by atoms with Gasteiger partial charge >= 0.3 is 6.03 Å². The third kappa shape index (κ3) is 4.70. The third-order valence-corrected chi connectivity index (χ3v) is 4.18. The van der Waals surface area contributed by atoms with Gasteiger partial charge in [0, 0.05) is 19.1 Å². The third-order valence-electron chi connectivity index (χ3n) is 4.18. The minimum Gasteiger partial charge on any atom is -0.320 e. The van der Waals surface area contributed by atoms with E-state index in [2.05, 4.69) is 10.2 Å². The van der Waals surface area contributed by atoms with Crippen LogP contribution in [-0.2, 0) is 0 Å². The molecule has 0 heterocycles. The summed E-state index contributed by atoms with van der Waals surface area (Å²) in [5.41, 5.74) is 0.248. The first-order chi connectivity index (χ1) is 10.6. The first-order valence-electron chi connectivity index (χ1n) is 8.05. The molecule has 0 bridgehead atoms. The van der Waals surface area contributed by atoms with Gasteiger partial charge in [-0.05, 0) is 39.1 Å².